The van der Waals surface area contributed by atoms with E-state index in [-0.39, 0.29) is 25.6 Å². The van der Waals surface area contributed by atoms with E-state index in [0.29, 0.717) is 17.4 Å². The minimum Gasteiger partial charge on any atom is -0.462 e. The number of hydrogen-bond donors (Lipinski definition) is 1. The number of rotatable bonds is 63. The van der Waals surface area contributed by atoms with Crippen LogP contribution in [0.25, 0.3) is 0 Å². The van der Waals surface area contributed by atoms with Gasteiger partial charge >= 0.3 is 19.8 Å². The molecule has 0 bridgehead atoms. The average Bonchev–Trinajstić information content (AvgIpc) is 3.39. The quantitative estimate of drug-likeness (QED) is 0.0211. The predicted molar refractivity (Wildman–Crippen MR) is 331 cm³/mol. The fourth-order valence-corrected chi connectivity index (χ4v) is 10.8. The summed E-state index contributed by atoms with van der Waals surface area (Å²) < 4.78 is 34.6. The van der Waals surface area contributed by atoms with Gasteiger partial charge in [-0.15, -0.1) is 0 Å². The van der Waals surface area contributed by atoms with E-state index in [2.05, 4.69) is 38.2 Å². The molecule has 0 aliphatic rings. The van der Waals surface area contributed by atoms with Gasteiger partial charge in [0.15, 0.2) is 6.10 Å². The molecule has 77 heavy (non-hydrogen) atoms. The van der Waals surface area contributed by atoms with Gasteiger partial charge in [-0.05, 0) is 44.9 Å². The Morgan fingerprint density at radius 3 is 1.03 bits per heavy atom. The number of likely N-dealkylation sites (N-methyl/N-ethyl adjacent to an activating group) is 1. The highest BCUT2D eigenvalue weighted by Crippen LogP contribution is 2.43. The lowest BCUT2D eigenvalue weighted by Crippen LogP contribution is -2.37. The van der Waals surface area contributed by atoms with E-state index >= 15 is 0 Å². The van der Waals surface area contributed by atoms with E-state index in [1.165, 1.54) is 270 Å². The van der Waals surface area contributed by atoms with Gasteiger partial charge in [-0.3, -0.25) is 18.6 Å². The van der Waals surface area contributed by atoms with Gasteiger partial charge in [0.1, 0.15) is 19.8 Å². The maximum absolute atomic E-state index is 12.8. The molecule has 0 amide bonds. The van der Waals surface area contributed by atoms with Gasteiger partial charge in [0.2, 0.25) is 0 Å². The van der Waals surface area contributed by atoms with E-state index in [0.717, 1.165) is 44.9 Å². The lowest BCUT2D eigenvalue weighted by molar-refractivity contribution is -0.870. The van der Waals surface area contributed by atoms with Crippen LogP contribution in [0.2, 0.25) is 0 Å². The third-order valence-corrected chi connectivity index (χ3v) is 16.2. The van der Waals surface area contributed by atoms with Crippen molar-refractivity contribution < 1.29 is 42.1 Å². The van der Waals surface area contributed by atoms with Gasteiger partial charge in [-0.1, -0.05) is 308 Å². The molecular formula is C67H131NO8P+. The molecular weight excluding hydrogens is 978 g/mol. The molecule has 0 fully saturated rings. The van der Waals surface area contributed by atoms with Gasteiger partial charge in [-0.25, -0.2) is 4.57 Å². The Morgan fingerprint density at radius 1 is 0.403 bits per heavy atom. The van der Waals surface area contributed by atoms with Crippen molar-refractivity contribution in [2.24, 2.45) is 0 Å². The Balaban J connectivity index is 3.85. The number of esters is 2. The van der Waals surface area contributed by atoms with Crippen molar-refractivity contribution in [3.05, 3.63) is 24.3 Å². The molecule has 0 aliphatic carbocycles. The first-order valence-electron chi connectivity index (χ1n) is 33.6. The maximum Gasteiger partial charge on any atom is 0.472 e. The topological polar surface area (TPSA) is 108 Å². The number of phosphoric ester groups is 1. The van der Waals surface area contributed by atoms with Gasteiger partial charge < -0.3 is 18.9 Å². The first-order valence-corrected chi connectivity index (χ1v) is 35.1. The minimum atomic E-state index is -4.38. The molecule has 0 saturated heterocycles. The molecule has 1 N–H and O–H groups in total. The summed E-state index contributed by atoms with van der Waals surface area (Å²) in [6, 6.07) is 0. The number of ether oxygens (including phenoxy) is 2. The average molecular weight is 1110 g/mol. The molecule has 0 radical (unpaired) electrons. The highest BCUT2D eigenvalue weighted by molar-refractivity contribution is 7.47. The number of unbranched alkanes of at least 4 members (excludes halogenated alkanes) is 45. The second kappa shape index (κ2) is 59.1. The first kappa shape index (κ1) is 75.5. The molecule has 0 aromatic heterocycles. The van der Waals surface area contributed by atoms with Crippen molar-refractivity contribution in [3.63, 3.8) is 0 Å². The summed E-state index contributed by atoms with van der Waals surface area (Å²) >= 11 is 0. The minimum absolute atomic E-state index is 0.0361. The van der Waals surface area contributed by atoms with Gasteiger partial charge in [0.25, 0.3) is 0 Å². The molecule has 2 atom stereocenters. The number of carbonyl (C=O) groups is 2. The highest BCUT2D eigenvalue weighted by atomic mass is 31.2. The number of carbonyl (C=O) groups excluding carboxylic acids is 2. The van der Waals surface area contributed by atoms with Crippen LogP contribution in [0, 0.1) is 0 Å². The second-order valence-electron chi connectivity index (χ2n) is 24.2. The fraction of sp³-hybridized carbons (Fsp3) is 0.910. The Bertz CT molecular complexity index is 1350. The number of phosphoric acid groups is 1. The summed E-state index contributed by atoms with van der Waals surface area (Å²) in [5, 5.41) is 0. The van der Waals surface area contributed by atoms with Crippen molar-refractivity contribution in [2.75, 3.05) is 47.5 Å². The Labute approximate surface area is 479 Å². The van der Waals surface area contributed by atoms with Crippen molar-refractivity contribution in [1.82, 2.24) is 0 Å². The van der Waals surface area contributed by atoms with E-state index in [1.807, 2.05) is 21.1 Å². The molecule has 9 nitrogen and oxygen atoms in total. The molecule has 0 aromatic rings. The van der Waals surface area contributed by atoms with Gasteiger partial charge in [-0.2, -0.15) is 0 Å². The number of nitrogens with zero attached hydrogens (tertiary/aromatic N) is 1. The molecule has 0 heterocycles. The number of hydrogen-bond acceptors (Lipinski definition) is 7. The molecule has 0 aliphatic heterocycles. The van der Waals surface area contributed by atoms with Crippen LogP contribution in [0.4, 0.5) is 0 Å². The third-order valence-electron chi connectivity index (χ3n) is 15.2. The summed E-state index contributed by atoms with van der Waals surface area (Å²) in [6.45, 7) is 4.48. The molecule has 0 saturated carbocycles. The molecule has 0 rings (SSSR count). The van der Waals surface area contributed by atoms with Crippen molar-refractivity contribution in [2.45, 2.75) is 347 Å². The summed E-state index contributed by atoms with van der Waals surface area (Å²) in [4.78, 5) is 35.7. The maximum atomic E-state index is 12.8. The van der Waals surface area contributed by atoms with Crippen molar-refractivity contribution >= 4 is 19.8 Å². The molecule has 456 valence electrons. The SMILES string of the molecule is CCCCCCC/C=C\C/C=C\CCCCCCCCCCCCCCCCCCCCCCCCCCCCCC(=O)OC(COC(=O)CCCCCCCCCCCCCCCC)COP(=O)(O)OCC[N+](C)(C)C. The normalized spacial score (nSPS) is 13.3. The molecule has 0 aromatic carbocycles. The zero-order valence-electron chi connectivity index (χ0n) is 52.0. The number of quaternary nitrogens is 1. The van der Waals surface area contributed by atoms with E-state index in [4.69, 9.17) is 18.5 Å². The lowest BCUT2D eigenvalue weighted by Gasteiger charge is -2.24. The summed E-state index contributed by atoms with van der Waals surface area (Å²) in [5.41, 5.74) is 0. The third kappa shape index (κ3) is 63.5. The zero-order valence-corrected chi connectivity index (χ0v) is 52.9. The monoisotopic (exact) mass is 1110 g/mol. The second-order valence-corrected chi connectivity index (χ2v) is 25.7. The van der Waals surface area contributed by atoms with Crippen LogP contribution >= 0.6 is 7.82 Å². The standard InChI is InChI=1S/C67H130NO8P/c1-6-8-10-12-14-16-18-20-22-23-24-25-26-27-28-29-30-31-32-33-34-35-36-37-38-39-40-41-42-43-44-45-46-48-50-52-54-56-58-60-67(70)76-65(64-75-77(71,72)74-62-61-68(3,4)5)63-73-66(69)59-57-55-53-51-49-47-21-19-17-15-13-11-9-7-2/h18,20,23-24,65H,6-17,19,21-22,25-64H2,1-5H3/p+1/b20-18-,24-23-. The van der Waals surface area contributed by atoms with E-state index < -0.39 is 26.5 Å². The Morgan fingerprint density at radius 2 is 0.701 bits per heavy atom. The summed E-state index contributed by atoms with van der Waals surface area (Å²) in [6.07, 6.45) is 73.0. The van der Waals surface area contributed by atoms with Crippen LogP contribution in [0.1, 0.15) is 341 Å². The largest absolute Gasteiger partial charge is 0.472 e. The highest BCUT2D eigenvalue weighted by Gasteiger charge is 2.27. The van der Waals surface area contributed by atoms with Gasteiger partial charge in [0.05, 0.1) is 27.7 Å². The Hall–Kier alpha value is -1.51. The fourth-order valence-electron chi connectivity index (χ4n) is 10.1. The molecule has 0 spiro atoms. The smallest absolute Gasteiger partial charge is 0.462 e. The Kier molecular flexibility index (Phi) is 58.0. The van der Waals surface area contributed by atoms with Crippen LogP contribution in [0.3, 0.4) is 0 Å². The van der Waals surface area contributed by atoms with Crippen LogP contribution < -0.4 is 0 Å². The summed E-state index contributed by atoms with van der Waals surface area (Å²) in [5.74, 6) is -0.776. The van der Waals surface area contributed by atoms with E-state index in [9.17, 15) is 19.0 Å². The predicted octanol–water partition coefficient (Wildman–Crippen LogP) is 21.3. The first-order chi connectivity index (χ1) is 37.5. The van der Waals surface area contributed by atoms with Crippen molar-refractivity contribution in [1.29, 1.82) is 0 Å². The van der Waals surface area contributed by atoms with Crippen LogP contribution in [0.15, 0.2) is 24.3 Å². The molecule has 10 heteroatoms. The zero-order chi connectivity index (χ0) is 56.3. The summed E-state index contributed by atoms with van der Waals surface area (Å²) in [7, 11) is 1.50. The van der Waals surface area contributed by atoms with E-state index in [1.54, 1.807) is 0 Å². The van der Waals surface area contributed by atoms with Crippen LogP contribution in [-0.2, 0) is 32.7 Å². The van der Waals surface area contributed by atoms with Gasteiger partial charge in [0, 0.05) is 12.8 Å². The molecule has 2 unspecified atom stereocenters. The number of allylic oxidation sites excluding steroid dienone is 4. The van der Waals surface area contributed by atoms with Crippen molar-refractivity contribution in [3.8, 4) is 0 Å². The lowest BCUT2D eigenvalue weighted by atomic mass is 10.0. The van der Waals surface area contributed by atoms with Crippen LogP contribution in [0.5, 0.6) is 0 Å². The van der Waals surface area contributed by atoms with Crippen LogP contribution in [-0.4, -0.2) is 74.9 Å².